The molecule has 0 saturated heterocycles. The van der Waals surface area contributed by atoms with Crippen LogP contribution in [0.5, 0.6) is 0 Å². The quantitative estimate of drug-likeness (QED) is 0.642. The van der Waals surface area contributed by atoms with Gasteiger partial charge in [-0.3, -0.25) is 9.71 Å². The first-order chi connectivity index (χ1) is 10.4. The van der Waals surface area contributed by atoms with Crippen LogP contribution in [0.15, 0.2) is 40.0 Å². The molecule has 0 saturated carbocycles. The van der Waals surface area contributed by atoms with Crippen molar-refractivity contribution in [2.24, 2.45) is 0 Å². The molecule has 0 atom stereocenters. The maximum absolute atomic E-state index is 13.8. The lowest BCUT2D eigenvalue weighted by Gasteiger charge is -2.10. The number of sulfonamides is 1. The van der Waals surface area contributed by atoms with E-state index in [2.05, 4.69) is 14.9 Å². The van der Waals surface area contributed by atoms with Crippen LogP contribution in [0.3, 0.4) is 0 Å². The van der Waals surface area contributed by atoms with Crippen molar-refractivity contribution < 1.29 is 17.3 Å². The maximum atomic E-state index is 13.8. The van der Waals surface area contributed by atoms with E-state index in [1.54, 1.807) is 13.0 Å². The van der Waals surface area contributed by atoms with Gasteiger partial charge in [0.05, 0.1) is 11.1 Å². The molecule has 114 valence electrons. The Morgan fingerprint density at radius 1 is 1.32 bits per heavy atom. The van der Waals surface area contributed by atoms with Crippen molar-refractivity contribution in [2.45, 2.75) is 11.8 Å². The number of nitrogens with zero attached hydrogens (tertiary/aromatic N) is 2. The molecule has 3 rings (SSSR count). The Hall–Kier alpha value is -1.75. The number of benzene rings is 1. The Balaban J connectivity index is 2.19. The number of halogens is 2. The highest BCUT2D eigenvalue weighted by Crippen LogP contribution is 2.27. The van der Waals surface area contributed by atoms with E-state index in [0.29, 0.717) is 9.33 Å². The van der Waals surface area contributed by atoms with Crippen LogP contribution in [-0.4, -0.2) is 18.6 Å². The van der Waals surface area contributed by atoms with Gasteiger partial charge in [0.25, 0.3) is 10.0 Å². The molecule has 0 aliphatic carbocycles. The van der Waals surface area contributed by atoms with Gasteiger partial charge in [-0.05, 0) is 47.7 Å². The van der Waals surface area contributed by atoms with Gasteiger partial charge in [0.1, 0.15) is 17.0 Å². The van der Waals surface area contributed by atoms with E-state index < -0.39 is 15.8 Å². The van der Waals surface area contributed by atoms with Crippen LogP contribution in [0.1, 0.15) is 5.76 Å². The van der Waals surface area contributed by atoms with E-state index in [1.807, 2.05) is 22.6 Å². The molecule has 0 fully saturated rings. The van der Waals surface area contributed by atoms with Gasteiger partial charge in [-0.1, -0.05) is 5.16 Å². The van der Waals surface area contributed by atoms with E-state index in [-0.39, 0.29) is 21.5 Å². The average molecular weight is 433 g/mol. The van der Waals surface area contributed by atoms with Gasteiger partial charge in [-0.15, -0.1) is 0 Å². The van der Waals surface area contributed by atoms with Crippen molar-refractivity contribution in [2.75, 3.05) is 4.72 Å². The van der Waals surface area contributed by atoms with Gasteiger partial charge in [-0.2, -0.15) is 0 Å². The number of aromatic nitrogens is 2. The first-order valence-corrected chi connectivity index (χ1v) is 8.62. The number of fused-ring (bicyclic) bond motifs is 1. The summed E-state index contributed by atoms with van der Waals surface area (Å²) in [5.41, 5.74) is 0.237. The summed E-state index contributed by atoms with van der Waals surface area (Å²) in [6.45, 7) is 1.58. The number of aryl methyl sites for hydroxylation is 1. The summed E-state index contributed by atoms with van der Waals surface area (Å²) < 4.78 is 46.8. The summed E-state index contributed by atoms with van der Waals surface area (Å²) in [6, 6.07) is 3.86. The minimum absolute atomic E-state index is 0.00494. The zero-order valence-electron chi connectivity index (χ0n) is 11.2. The zero-order valence-corrected chi connectivity index (χ0v) is 14.1. The molecule has 0 aliphatic heterocycles. The SMILES string of the molecule is Cc1oncc1NS(=O)(=O)c1ccc(F)c2ncc(I)cc12. The molecule has 1 aromatic carbocycles. The van der Waals surface area contributed by atoms with E-state index in [1.165, 1.54) is 18.5 Å². The van der Waals surface area contributed by atoms with Crippen molar-refractivity contribution in [1.82, 2.24) is 10.1 Å². The first kappa shape index (κ1) is 15.2. The third-order valence-electron chi connectivity index (χ3n) is 3.01. The lowest BCUT2D eigenvalue weighted by atomic mass is 10.2. The molecule has 3 aromatic rings. The van der Waals surface area contributed by atoms with Crippen LogP contribution < -0.4 is 4.72 Å². The van der Waals surface area contributed by atoms with Crippen molar-refractivity contribution in [3.05, 3.63) is 45.7 Å². The van der Waals surface area contributed by atoms with Crippen LogP contribution in [0.25, 0.3) is 10.9 Å². The average Bonchev–Trinajstić information content (AvgIpc) is 2.83. The van der Waals surface area contributed by atoms with Crippen LogP contribution in [0.4, 0.5) is 10.1 Å². The second-order valence-electron chi connectivity index (χ2n) is 4.50. The molecular weight excluding hydrogens is 424 g/mol. The molecule has 1 N–H and O–H groups in total. The topological polar surface area (TPSA) is 85.1 Å². The highest BCUT2D eigenvalue weighted by molar-refractivity contribution is 14.1. The second-order valence-corrected chi connectivity index (χ2v) is 7.39. The van der Waals surface area contributed by atoms with E-state index in [9.17, 15) is 12.8 Å². The molecule has 6 nitrogen and oxygen atoms in total. The van der Waals surface area contributed by atoms with Gasteiger partial charge < -0.3 is 4.52 Å². The fourth-order valence-electron chi connectivity index (χ4n) is 1.97. The molecule has 0 spiro atoms. The number of rotatable bonds is 3. The van der Waals surface area contributed by atoms with Crippen molar-refractivity contribution >= 4 is 49.2 Å². The lowest BCUT2D eigenvalue weighted by Crippen LogP contribution is -2.14. The van der Waals surface area contributed by atoms with Crippen molar-refractivity contribution in [1.29, 1.82) is 0 Å². The molecule has 0 unspecified atom stereocenters. The minimum Gasteiger partial charge on any atom is -0.359 e. The molecule has 9 heteroatoms. The van der Waals surface area contributed by atoms with Crippen molar-refractivity contribution in [3.8, 4) is 0 Å². The van der Waals surface area contributed by atoms with Crippen molar-refractivity contribution in [3.63, 3.8) is 0 Å². The van der Waals surface area contributed by atoms with Gasteiger partial charge >= 0.3 is 0 Å². The van der Waals surface area contributed by atoms with Crippen LogP contribution in [0.2, 0.25) is 0 Å². The van der Waals surface area contributed by atoms with Gasteiger partial charge in [0.15, 0.2) is 5.76 Å². The smallest absolute Gasteiger partial charge is 0.262 e. The summed E-state index contributed by atoms with van der Waals surface area (Å²) in [4.78, 5) is 3.90. The predicted octanol–water partition coefficient (Wildman–Crippen LogP) is 3.08. The van der Waals surface area contributed by atoms with E-state index >= 15 is 0 Å². The highest BCUT2D eigenvalue weighted by Gasteiger charge is 2.21. The predicted molar refractivity (Wildman–Crippen MR) is 86.5 cm³/mol. The summed E-state index contributed by atoms with van der Waals surface area (Å²) >= 11 is 1.99. The van der Waals surface area contributed by atoms with E-state index in [0.717, 1.165) is 6.07 Å². The largest absolute Gasteiger partial charge is 0.359 e. The molecule has 0 amide bonds. The Morgan fingerprint density at radius 3 is 2.77 bits per heavy atom. The molecule has 0 bridgehead atoms. The van der Waals surface area contributed by atoms with Crippen LogP contribution >= 0.6 is 22.6 Å². The van der Waals surface area contributed by atoms with Gasteiger partial charge in [-0.25, -0.2) is 12.8 Å². The highest BCUT2D eigenvalue weighted by atomic mass is 127. The third-order valence-corrected chi connectivity index (χ3v) is 5.03. The lowest BCUT2D eigenvalue weighted by molar-refractivity contribution is 0.398. The summed E-state index contributed by atoms with van der Waals surface area (Å²) in [5.74, 6) is -0.241. The molecule has 0 aliphatic rings. The molecule has 22 heavy (non-hydrogen) atoms. The number of pyridine rings is 1. The van der Waals surface area contributed by atoms with Crippen LogP contribution in [0, 0.1) is 16.3 Å². The molecule has 2 heterocycles. The van der Waals surface area contributed by atoms with E-state index in [4.69, 9.17) is 4.52 Å². The first-order valence-electron chi connectivity index (χ1n) is 6.06. The Labute approximate surface area is 138 Å². The zero-order chi connectivity index (χ0) is 15.9. The normalized spacial score (nSPS) is 11.8. The summed E-state index contributed by atoms with van der Waals surface area (Å²) in [7, 11) is -3.93. The fraction of sp³-hybridized carbons (Fsp3) is 0.0769. The second kappa shape index (κ2) is 5.47. The molecular formula is C13H9FIN3O3S. The number of hydrogen-bond acceptors (Lipinski definition) is 5. The number of nitrogens with one attached hydrogen (secondary N) is 1. The number of hydrogen-bond donors (Lipinski definition) is 1. The van der Waals surface area contributed by atoms with Gasteiger partial charge in [0, 0.05) is 15.2 Å². The fourth-order valence-corrected chi connectivity index (χ4v) is 3.70. The Bertz CT molecular complexity index is 972. The summed E-state index contributed by atoms with van der Waals surface area (Å²) in [6.07, 6.45) is 2.74. The monoisotopic (exact) mass is 433 g/mol. The third kappa shape index (κ3) is 2.65. The van der Waals surface area contributed by atoms with Crippen LogP contribution in [-0.2, 0) is 10.0 Å². The molecule has 0 radical (unpaired) electrons. The Morgan fingerprint density at radius 2 is 2.09 bits per heavy atom. The maximum Gasteiger partial charge on any atom is 0.262 e. The molecule has 2 aromatic heterocycles. The Kier molecular flexibility index (Phi) is 3.77. The number of anilines is 1. The van der Waals surface area contributed by atoms with Gasteiger partial charge in [0.2, 0.25) is 0 Å². The minimum atomic E-state index is -3.93. The summed E-state index contributed by atoms with van der Waals surface area (Å²) in [5, 5.41) is 3.73. The standard InChI is InChI=1S/C13H9FIN3O3S/c1-7-11(6-17-21-7)18-22(19,20)12-3-2-10(14)13-9(12)4-8(15)5-16-13/h2-6,18H,1H3.